The van der Waals surface area contributed by atoms with Crippen LogP contribution in [-0.2, 0) is 9.78 Å². The van der Waals surface area contributed by atoms with E-state index in [0.29, 0.717) is 19.3 Å². The van der Waals surface area contributed by atoms with Crippen molar-refractivity contribution in [2.75, 3.05) is 13.2 Å². The quantitative estimate of drug-likeness (QED) is 0.256. The Morgan fingerprint density at radius 1 is 1.36 bits per heavy atom. The minimum absolute atomic E-state index is 0.389. The minimum atomic E-state index is 0.389. The molecule has 0 rings (SSSR count). The Balaban J connectivity index is 3.15. The van der Waals surface area contributed by atoms with E-state index in [1.165, 1.54) is 0 Å². The summed E-state index contributed by atoms with van der Waals surface area (Å²) in [6, 6.07) is 0.389. The zero-order chi connectivity index (χ0) is 8.53. The largest absolute Gasteiger partial charge is 0.292 e. The van der Waals surface area contributed by atoms with Gasteiger partial charge in [0.1, 0.15) is 6.61 Å². The van der Waals surface area contributed by atoms with Crippen molar-refractivity contribution in [1.82, 2.24) is 0 Å². The third-order valence-corrected chi connectivity index (χ3v) is 1.29. The minimum Gasteiger partial charge on any atom is -0.292 e. The Labute approximate surface area is 68.3 Å². The van der Waals surface area contributed by atoms with Gasteiger partial charge in [-0.15, -0.1) is 0 Å². The zero-order valence-electron chi connectivity index (χ0n) is 7.54. The lowest BCUT2D eigenvalue weighted by Gasteiger charge is -1.99. The van der Waals surface area contributed by atoms with Gasteiger partial charge >= 0.3 is 0 Å². The van der Waals surface area contributed by atoms with E-state index >= 15 is 0 Å². The summed E-state index contributed by atoms with van der Waals surface area (Å²) in [7, 11) is 0. The van der Waals surface area contributed by atoms with Crippen LogP contribution in [0.3, 0.4) is 0 Å². The van der Waals surface area contributed by atoms with Gasteiger partial charge in [-0.25, -0.2) is 9.78 Å². The normalized spacial score (nSPS) is 14.1. The van der Waals surface area contributed by atoms with Crippen molar-refractivity contribution in [2.24, 2.45) is 4.99 Å². The summed E-state index contributed by atoms with van der Waals surface area (Å²) >= 11 is 0. The first-order chi connectivity index (χ1) is 5.31. The lowest BCUT2D eigenvalue weighted by Crippen LogP contribution is -2.00. The smallest absolute Gasteiger partial charge is 0.117 e. The number of hydrogen-bond acceptors (Lipinski definition) is 3. The van der Waals surface area contributed by atoms with E-state index in [0.717, 1.165) is 6.42 Å². The van der Waals surface area contributed by atoms with Gasteiger partial charge in [-0.05, 0) is 20.3 Å². The van der Waals surface area contributed by atoms with E-state index in [1.54, 1.807) is 6.21 Å². The van der Waals surface area contributed by atoms with Gasteiger partial charge in [-0.2, -0.15) is 0 Å². The summed E-state index contributed by atoms with van der Waals surface area (Å²) in [5.41, 5.74) is 0. The second-order valence-electron chi connectivity index (χ2n) is 2.28. The molecule has 0 aliphatic carbocycles. The topological polar surface area (TPSA) is 30.8 Å². The van der Waals surface area contributed by atoms with Crippen LogP contribution in [0, 0.1) is 0 Å². The molecule has 3 heteroatoms. The highest BCUT2D eigenvalue weighted by molar-refractivity contribution is 5.58. The molecule has 0 saturated carbocycles. The highest BCUT2D eigenvalue weighted by Crippen LogP contribution is 1.92. The van der Waals surface area contributed by atoms with Crippen molar-refractivity contribution in [2.45, 2.75) is 33.2 Å². The highest BCUT2D eigenvalue weighted by Gasteiger charge is 1.89. The maximum absolute atomic E-state index is 4.73. The summed E-state index contributed by atoms with van der Waals surface area (Å²) in [5.74, 6) is 0. The molecule has 1 unspecified atom stereocenters. The Morgan fingerprint density at radius 3 is 2.64 bits per heavy atom. The van der Waals surface area contributed by atoms with Gasteiger partial charge in [0.15, 0.2) is 0 Å². The molecule has 0 aromatic heterocycles. The molecule has 66 valence electrons. The van der Waals surface area contributed by atoms with Crippen molar-refractivity contribution in [3.05, 3.63) is 0 Å². The molecule has 0 fully saturated rings. The summed E-state index contributed by atoms with van der Waals surface area (Å²) in [5, 5.41) is 0. The Kier molecular flexibility index (Phi) is 7.41. The first-order valence-electron chi connectivity index (χ1n) is 4.07. The van der Waals surface area contributed by atoms with E-state index in [2.05, 4.69) is 23.7 Å². The van der Waals surface area contributed by atoms with Gasteiger partial charge in [0, 0.05) is 12.3 Å². The highest BCUT2D eigenvalue weighted by atomic mass is 17.2. The molecule has 0 aliphatic heterocycles. The average molecular weight is 159 g/mol. The molecular formula is C8H17NO2. The molecule has 0 aromatic carbocycles. The predicted molar refractivity (Wildman–Crippen MR) is 45.8 cm³/mol. The van der Waals surface area contributed by atoms with Gasteiger partial charge in [0.2, 0.25) is 0 Å². The third-order valence-electron chi connectivity index (χ3n) is 1.29. The number of nitrogens with zero attached hydrogens (tertiary/aromatic N) is 1. The second-order valence-corrected chi connectivity index (χ2v) is 2.28. The summed E-state index contributed by atoms with van der Waals surface area (Å²) < 4.78 is 0. The fourth-order valence-corrected chi connectivity index (χ4v) is 0.490. The average Bonchev–Trinajstić information content (AvgIpc) is 2.04. The van der Waals surface area contributed by atoms with E-state index in [4.69, 9.17) is 4.89 Å². The lowest BCUT2D eigenvalue weighted by molar-refractivity contribution is -0.278. The van der Waals surface area contributed by atoms with Crippen LogP contribution in [0.4, 0.5) is 0 Å². The van der Waals surface area contributed by atoms with Crippen molar-refractivity contribution < 1.29 is 9.78 Å². The van der Waals surface area contributed by atoms with Crippen LogP contribution in [0.5, 0.6) is 0 Å². The van der Waals surface area contributed by atoms with E-state index in [9.17, 15) is 0 Å². The molecule has 0 bridgehead atoms. The van der Waals surface area contributed by atoms with E-state index in [-0.39, 0.29) is 0 Å². The van der Waals surface area contributed by atoms with Crippen LogP contribution in [0.25, 0.3) is 0 Å². The van der Waals surface area contributed by atoms with Crippen LogP contribution in [0.1, 0.15) is 27.2 Å². The Bertz CT molecular complexity index is 104. The number of aliphatic imine (C=N–C) groups is 1. The molecule has 0 N–H and O–H groups in total. The molecule has 1 atom stereocenters. The standard InChI is InChI=1S/C8H17NO2/c1-4-8(3)9-6-7-11-10-5-2/h6,8H,4-5,7H2,1-3H3. The second kappa shape index (κ2) is 7.69. The predicted octanol–water partition coefficient (Wildman–Crippen LogP) is 1.82. The van der Waals surface area contributed by atoms with Crippen LogP contribution in [0.15, 0.2) is 4.99 Å². The van der Waals surface area contributed by atoms with Crippen molar-refractivity contribution in [1.29, 1.82) is 0 Å². The molecule has 0 aromatic rings. The van der Waals surface area contributed by atoms with Crippen molar-refractivity contribution in [3.63, 3.8) is 0 Å². The summed E-state index contributed by atoms with van der Waals surface area (Å²) in [6.45, 7) is 7.07. The van der Waals surface area contributed by atoms with Crippen molar-refractivity contribution >= 4 is 6.21 Å². The molecule has 0 spiro atoms. The van der Waals surface area contributed by atoms with Gasteiger partial charge < -0.3 is 0 Å². The van der Waals surface area contributed by atoms with Gasteiger partial charge in [-0.3, -0.25) is 4.99 Å². The molecule has 0 radical (unpaired) electrons. The summed E-state index contributed by atoms with van der Waals surface area (Å²) in [6.07, 6.45) is 2.80. The van der Waals surface area contributed by atoms with E-state index < -0.39 is 0 Å². The van der Waals surface area contributed by atoms with Crippen LogP contribution in [-0.4, -0.2) is 25.5 Å². The third kappa shape index (κ3) is 7.49. The Hall–Kier alpha value is -0.410. The fourth-order valence-electron chi connectivity index (χ4n) is 0.490. The van der Waals surface area contributed by atoms with Gasteiger partial charge in [-0.1, -0.05) is 6.92 Å². The molecular weight excluding hydrogens is 142 g/mol. The zero-order valence-corrected chi connectivity index (χ0v) is 7.54. The monoisotopic (exact) mass is 159 g/mol. The van der Waals surface area contributed by atoms with Crippen LogP contribution in [0.2, 0.25) is 0 Å². The van der Waals surface area contributed by atoms with Crippen LogP contribution < -0.4 is 0 Å². The van der Waals surface area contributed by atoms with Gasteiger partial charge in [0.05, 0.1) is 6.61 Å². The van der Waals surface area contributed by atoms with Crippen LogP contribution >= 0.6 is 0 Å². The van der Waals surface area contributed by atoms with Gasteiger partial charge in [0.25, 0.3) is 0 Å². The first-order valence-corrected chi connectivity index (χ1v) is 4.07. The molecule has 0 aliphatic rings. The molecule has 0 amide bonds. The molecule has 3 nitrogen and oxygen atoms in total. The Morgan fingerprint density at radius 2 is 2.09 bits per heavy atom. The first kappa shape index (κ1) is 10.6. The molecule has 0 heterocycles. The SMILES string of the molecule is CCOOCC=NC(C)CC. The number of hydrogen-bond donors (Lipinski definition) is 0. The lowest BCUT2D eigenvalue weighted by atomic mass is 10.3. The van der Waals surface area contributed by atoms with E-state index in [1.807, 2.05) is 6.92 Å². The maximum Gasteiger partial charge on any atom is 0.117 e. The van der Waals surface area contributed by atoms with Crippen molar-refractivity contribution in [3.8, 4) is 0 Å². The number of rotatable bonds is 6. The maximum atomic E-state index is 4.73. The molecule has 11 heavy (non-hydrogen) atoms. The summed E-state index contributed by atoms with van der Waals surface area (Å²) in [4.78, 5) is 13.6. The molecule has 0 saturated heterocycles. The fraction of sp³-hybridized carbons (Fsp3) is 0.875.